The average molecular weight is 411 g/mol. The molecule has 9 heteroatoms. The van der Waals surface area contributed by atoms with Crippen LogP contribution < -0.4 is 10.2 Å². The molecule has 0 aliphatic carbocycles. The summed E-state index contributed by atoms with van der Waals surface area (Å²) < 4.78 is 15.6. The largest absolute Gasteiger partial charge is 0.381 e. The maximum Gasteiger partial charge on any atom is 0.205 e. The Morgan fingerprint density at radius 2 is 2.07 bits per heavy atom. The highest BCUT2D eigenvalue weighted by molar-refractivity contribution is 7.09. The van der Waals surface area contributed by atoms with Crippen molar-refractivity contribution in [3.8, 4) is 0 Å². The van der Waals surface area contributed by atoms with Crippen molar-refractivity contribution in [1.82, 2.24) is 19.6 Å². The first-order valence-corrected chi connectivity index (χ1v) is 11.3. The van der Waals surface area contributed by atoms with Crippen LogP contribution >= 0.6 is 11.5 Å². The van der Waals surface area contributed by atoms with Crippen molar-refractivity contribution in [3.05, 3.63) is 5.82 Å². The van der Waals surface area contributed by atoms with Crippen molar-refractivity contribution in [3.63, 3.8) is 0 Å². The molecule has 0 saturated carbocycles. The fourth-order valence-corrected chi connectivity index (χ4v) is 4.30. The molecule has 8 nitrogen and oxygen atoms in total. The number of rotatable bonds is 8. The molecular weight excluding hydrogens is 376 g/mol. The van der Waals surface area contributed by atoms with E-state index in [1.807, 2.05) is 7.05 Å². The van der Waals surface area contributed by atoms with E-state index in [0.29, 0.717) is 5.92 Å². The number of ether oxygens (including phenoxy) is 2. The third kappa shape index (κ3) is 6.28. The average Bonchev–Trinajstić information content (AvgIpc) is 3.24. The molecule has 1 aromatic rings. The minimum atomic E-state index is 0.673. The molecule has 0 bridgehead atoms. The van der Waals surface area contributed by atoms with E-state index in [1.54, 1.807) is 0 Å². The standard InChI is InChI=1S/C19H34N6O2S/c1-3-17-22-19(28-23-17)25-10-8-24(9-11-25)18(20-2)21-7-4-12-27-15-16-5-13-26-14-6-16/h16H,3-15H2,1-2H3,(H,20,21). The molecule has 3 rings (SSSR count). The zero-order chi connectivity index (χ0) is 19.6. The Labute approximate surface area is 172 Å². The van der Waals surface area contributed by atoms with Gasteiger partial charge in [-0.1, -0.05) is 6.92 Å². The third-order valence-corrected chi connectivity index (χ3v) is 6.09. The number of hydrogen-bond donors (Lipinski definition) is 1. The zero-order valence-electron chi connectivity index (χ0n) is 17.2. The van der Waals surface area contributed by atoms with E-state index < -0.39 is 0 Å². The van der Waals surface area contributed by atoms with Gasteiger partial charge in [0.15, 0.2) is 5.96 Å². The minimum absolute atomic E-state index is 0.673. The summed E-state index contributed by atoms with van der Waals surface area (Å²) >= 11 is 1.51. The van der Waals surface area contributed by atoms with Gasteiger partial charge in [0, 0.05) is 84.2 Å². The summed E-state index contributed by atoms with van der Waals surface area (Å²) in [4.78, 5) is 13.7. The van der Waals surface area contributed by atoms with Crippen molar-refractivity contribution in [2.24, 2.45) is 10.9 Å². The summed E-state index contributed by atoms with van der Waals surface area (Å²) in [7, 11) is 1.86. The molecule has 158 valence electrons. The van der Waals surface area contributed by atoms with Crippen molar-refractivity contribution < 1.29 is 9.47 Å². The van der Waals surface area contributed by atoms with Gasteiger partial charge in [-0.25, -0.2) is 4.98 Å². The maximum atomic E-state index is 5.84. The molecule has 3 heterocycles. The smallest absolute Gasteiger partial charge is 0.205 e. The number of nitrogens with one attached hydrogen (secondary N) is 1. The van der Waals surface area contributed by atoms with E-state index >= 15 is 0 Å². The van der Waals surface area contributed by atoms with E-state index in [1.165, 1.54) is 11.5 Å². The van der Waals surface area contributed by atoms with Gasteiger partial charge >= 0.3 is 0 Å². The van der Waals surface area contributed by atoms with E-state index in [9.17, 15) is 0 Å². The molecule has 1 N–H and O–H groups in total. The molecule has 28 heavy (non-hydrogen) atoms. The lowest BCUT2D eigenvalue weighted by Gasteiger charge is -2.36. The van der Waals surface area contributed by atoms with E-state index in [-0.39, 0.29) is 0 Å². The van der Waals surface area contributed by atoms with Gasteiger partial charge in [0.1, 0.15) is 5.82 Å². The van der Waals surface area contributed by atoms with E-state index in [4.69, 9.17) is 9.47 Å². The fraction of sp³-hybridized carbons (Fsp3) is 0.842. The number of piperazine rings is 1. The van der Waals surface area contributed by atoms with Gasteiger partial charge < -0.3 is 24.6 Å². The van der Waals surface area contributed by atoms with Crippen LogP contribution in [0.5, 0.6) is 0 Å². The lowest BCUT2D eigenvalue weighted by Crippen LogP contribution is -2.52. The fourth-order valence-electron chi connectivity index (χ4n) is 3.50. The topological polar surface area (TPSA) is 75.1 Å². The highest BCUT2D eigenvalue weighted by Crippen LogP contribution is 2.19. The van der Waals surface area contributed by atoms with Gasteiger partial charge in [-0.15, -0.1) is 0 Å². The van der Waals surface area contributed by atoms with Crippen molar-refractivity contribution in [2.45, 2.75) is 32.6 Å². The van der Waals surface area contributed by atoms with Crippen LogP contribution in [0.25, 0.3) is 0 Å². The Kier molecular flexibility index (Phi) is 8.75. The van der Waals surface area contributed by atoms with Gasteiger partial charge in [0.25, 0.3) is 0 Å². The Morgan fingerprint density at radius 3 is 2.75 bits per heavy atom. The molecule has 2 aliphatic heterocycles. The number of aryl methyl sites for hydroxylation is 1. The number of aliphatic imine (C=N–C) groups is 1. The monoisotopic (exact) mass is 410 g/mol. The summed E-state index contributed by atoms with van der Waals surface area (Å²) in [5.74, 6) is 2.60. The quantitative estimate of drug-likeness (QED) is 0.397. The summed E-state index contributed by atoms with van der Waals surface area (Å²) in [6.07, 6.45) is 4.15. The molecule has 0 amide bonds. The van der Waals surface area contributed by atoms with Crippen molar-refractivity contribution in [2.75, 3.05) is 71.1 Å². The Bertz CT molecular complexity index is 597. The molecule has 2 aliphatic rings. The lowest BCUT2D eigenvalue weighted by atomic mass is 10.0. The summed E-state index contributed by atoms with van der Waals surface area (Å²) in [6.45, 7) is 10.2. The maximum absolute atomic E-state index is 5.84. The second-order valence-corrected chi connectivity index (χ2v) is 8.01. The first kappa shape index (κ1) is 21.3. The highest BCUT2D eigenvalue weighted by atomic mass is 32.1. The molecule has 1 aromatic heterocycles. The minimum Gasteiger partial charge on any atom is -0.381 e. The van der Waals surface area contributed by atoms with E-state index in [2.05, 4.69) is 36.4 Å². The Balaban J connectivity index is 1.30. The van der Waals surface area contributed by atoms with Crippen LogP contribution in [0.4, 0.5) is 5.13 Å². The predicted octanol–water partition coefficient (Wildman–Crippen LogP) is 1.63. The number of aromatic nitrogens is 2. The molecule has 2 fully saturated rings. The van der Waals surface area contributed by atoms with Gasteiger partial charge in [-0.3, -0.25) is 4.99 Å². The summed E-state index contributed by atoms with van der Waals surface area (Å²) in [5.41, 5.74) is 0. The number of anilines is 1. The van der Waals surface area contributed by atoms with E-state index in [0.717, 1.165) is 102 Å². The lowest BCUT2D eigenvalue weighted by molar-refractivity contribution is 0.0203. The van der Waals surface area contributed by atoms with Crippen molar-refractivity contribution in [1.29, 1.82) is 0 Å². The molecule has 2 saturated heterocycles. The summed E-state index contributed by atoms with van der Waals surface area (Å²) in [6, 6.07) is 0. The molecular formula is C19H34N6O2S. The number of hydrogen-bond acceptors (Lipinski definition) is 7. The van der Waals surface area contributed by atoms with Crippen LogP contribution in [0, 0.1) is 5.92 Å². The molecule has 0 aromatic carbocycles. The predicted molar refractivity (Wildman–Crippen MR) is 113 cm³/mol. The normalized spacial score (nSPS) is 19.3. The molecule has 0 radical (unpaired) electrons. The molecule has 0 spiro atoms. The highest BCUT2D eigenvalue weighted by Gasteiger charge is 2.22. The first-order chi connectivity index (χ1) is 13.8. The first-order valence-electron chi connectivity index (χ1n) is 10.5. The van der Waals surface area contributed by atoms with Gasteiger partial charge in [-0.2, -0.15) is 4.37 Å². The zero-order valence-corrected chi connectivity index (χ0v) is 18.0. The van der Waals surface area contributed by atoms with Crippen LogP contribution in [-0.4, -0.2) is 86.4 Å². The van der Waals surface area contributed by atoms with Crippen LogP contribution in [0.1, 0.15) is 32.0 Å². The molecule has 0 unspecified atom stereocenters. The van der Waals surface area contributed by atoms with Gasteiger partial charge in [-0.05, 0) is 25.2 Å². The summed E-state index contributed by atoms with van der Waals surface area (Å²) in [5, 5.41) is 4.52. The number of nitrogens with zero attached hydrogens (tertiary/aromatic N) is 5. The molecule has 0 atom stereocenters. The number of guanidine groups is 1. The van der Waals surface area contributed by atoms with Crippen LogP contribution in [-0.2, 0) is 15.9 Å². The Hall–Kier alpha value is -1.45. The SMILES string of the molecule is CCc1nsc(N2CCN(C(=NC)NCCCOCC3CCOCC3)CC2)n1. The van der Waals surface area contributed by atoms with Crippen LogP contribution in [0.2, 0.25) is 0 Å². The van der Waals surface area contributed by atoms with Crippen LogP contribution in [0.3, 0.4) is 0 Å². The van der Waals surface area contributed by atoms with Gasteiger partial charge in [0.2, 0.25) is 5.13 Å². The Morgan fingerprint density at radius 1 is 1.29 bits per heavy atom. The van der Waals surface area contributed by atoms with Crippen molar-refractivity contribution >= 4 is 22.6 Å². The second kappa shape index (κ2) is 11.5. The third-order valence-electron chi connectivity index (χ3n) is 5.28. The van der Waals surface area contributed by atoms with Crippen LogP contribution in [0.15, 0.2) is 4.99 Å². The second-order valence-electron chi connectivity index (χ2n) is 7.28. The van der Waals surface area contributed by atoms with Gasteiger partial charge in [0.05, 0.1) is 0 Å².